The third kappa shape index (κ3) is 3.85. The monoisotopic (exact) mass is 194 g/mol. The maximum atomic E-state index is 9.54. The summed E-state index contributed by atoms with van der Waals surface area (Å²) in [7, 11) is 0. The zero-order chi connectivity index (χ0) is 10.6. The number of nitrogens with one attached hydrogen (secondary N) is 1. The van der Waals surface area contributed by atoms with Crippen molar-refractivity contribution in [1.82, 2.24) is 10.3 Å². The van der Waals surface area contributed by atoms with Crippen LogP contribution in [-0.4, -0.2) is 22.2 Å². The van der Waals surface area contributed by atoms with Gasteiger partial charge in [0.1, 0.15) is 0 Å². The molecule has 3 heteroatoms. The SMILES string of the molecule is C[C@@H](NCC(C)(C)O)c1ccncc1. The van der Waals surface area contributed by atoms with Crippen LogP contribution in [-0.2, 0) is 0 Å². The van der Waals surface area contributed by atoms with Crippen molar-refractivity contribution in [2.75, 3.05) is 6.54 Å². The molecular formula is C11H18N2O. The molecule has 1 rings (SSSR count). The van der Waals surface area contributed by atoms with Crippen molar-refractivity contribution in [2.24, 2.45) is 0 Å². The minimum absolute atomic E-state index is 0.240. The molecule has 0 aliphatic carbocycles. The summed E-state index contributed by atoms with van der Waals surface area (Å²) in [6.45, 7) is 6.23. The van der Waals surface area contributed by atoms with E-state index < -0.39 is 5.60 Å². The van der Waals surface area contributed by atoms with Crippen LogP contribution >= 0.6 is 0 Å². The van der Waals surface area contributed by atoms with Gasteiger partial charge in [-0.2, -0.15) is 0 Å². The Hall–Kier alpha value is -0.930. The first kappa shape index (κ1) is 11.1. The second-order valence-corrected chi connectivity index (χ2v) is 4.20. The van der Waals surface area contributed by atoms with Gasteiger partial charge in [-0.15, -0.1) is 0 Å². The molecule has 0 aliphatic heterocycles. The standard InChI is InChI=1S/C11H18N2O/c1-9(13-8-11(2,3)14)10-4-6-12-7-5-10/h4-7,9,13-14H,8H2,1-3H3/t9-/m1/s1. The first-order valence-electron chi connectivity index (χ1n) is 4.85. The van der Waals surface area contributed by atoms with Gasteiger partial charge in [-0.3, -0.25) is 4.98 Å². The highest BCUT2D eigenvalue weighted by molar-refractivity contribution is 5.13. The van der Waals surface area contributed by atoms with E-state index in [0.717, 1.165) is 0 Å². The number of hydrogen-bond acceptors (Lipinski definition) is 3. The summed E-state index contributed by atoms with van der Waals surface area (Å²) in [5, 5.41) is 12.8. The van der Waals surface area contributed by atoms with Crippen molar-refractivity contribution < 1.29 is 5.11 Å². The van der Waals surface area contributed by atoms with E-state index in [1.165, 1.54) is 5.56 Å². The number of nitrogens with zero attached hydrogens (tertiary/aromatic N) is 1. The topological polar surface area (TPSA) is 45.1 Å². The lowest BCUT2D eigenvalue weighted by molar-refractivity contribution is 0.0770. The summed E-state index contributed by atoms with van der Waals surface area (Å²) in [6.07, 6.45) is 3.55. The van der Waals surface area contributed by atoms with E-state index in [4.69, 9.17) is 0 Å². The summed E-state index contributed by atoms with van der Waals surface area (Å²) in [4.78, 5) is 3.96. The van der Waals surface area contributed by atoms with Crippen LogP contribution in [0.25, 0.3) is 0 Å². The molecule has 1 atom stereocenters. The van der Waals surface area contributed by atoms with E-state index in [0.29, 0.717) is 6.54 Å². The number of hydrogen-bond donors (Lipinski definition) is 2. The number of rotatable bonds is 4. The molecule has 0 saturated heterocycles. The molecule has 2 N–H and O–H groups in total. The van der Waals surface area contributed by atoms with Crippen molar-refractivity contribution in [3.63, 3.8) is 0 Å². The quantitative estimate of drug-likeness (QED) is 0.763. The molecule has 0 spiro atoms. The van der Waals surface area contributed by atoms with Crippen LogP contribution in [0.5, 0.6) is 0 Å². The molecule has 1 heterocycles. The highest BCUT2D eigenvalue weighted by atomic mass is 16.3. The first-order chi connectivity index (χ1) is 6.49. The Morgan fingerprint density at radius 2 is 2.00 bits per heavy atom. The van der Waals surface area contributed by atoms with E-state index in [2.05, 4.69) is 17.2 Å². The zero-order valence-corrected chi connectivity index (χ0v) is 8.99. The lowest BCUT2D eigenvalue weighted by Crippen LogP contribution is -2.36. The Kier molecular flexibility index (Phi) is 3.61. The van der Waals surface area contributed by atoms with Gasteiger partial charge in [0, 0.05) is 25.0 Å². The predicted molar refractivity (Wildman–Crippen MR) is 57.0 cm³/mol. The van der Waals surface area contributed by atoms with E-state index in [1.807, 2.05) is 12.1 Å². The van der Waals surface area contributed by atoms with E-state index >= 15 is 0 Å². The fraction of sp³-hybridized carbons (Fsp3) is 0.545. The van der Waals surface area contributed by atoms with Gasteiger partial charge in [-0.25, -0.2) is 0 Å². The van der Waals surface area contributed by atoms with Crippen LogP contribution in [0.1, 0.15) is 32.4 Å². The molecule has 1 aromatic heterocycles. The third-order valence-corrected chi connectivity index (χ3v) is 2.05. The normalized spacial score (nSPS) is 14.0. The van der Waals surface area contributed by atoms with Crippen molar-refractivity contribution in [3.05, 3.63) is 30.1 Å². The van der Waals surface area contributed by atoms with Gasteiger partial charge in [0.15, 0.2) is 0 Å². The van der Waals surface area contributed by atoms with Crippen LogP contribution in [0.15, 0.2) is 24.5 Å². The lowest BCUT2D eigenvalue weighted by atomic mass is 10.1. The average Bonchev–Trinajstić information content (AvgIpc) is 2.14. The highest BCUT2D eigenvalue weighted by Crippen LogP contribution is 2.11. The summed E-state index contributed by atoms with van der Waals surface area (Å²) < 4.78 is 0. The molecular weight excluding hydrogens is 176 g/mol. The molecule has 14 heavy (non-hydrogen) atoms. The number of aromatic nitrogens is 1. The van der Waals surface area contributed by atoms with Crippen LogP contribution in [0.2, 0.25) is 0 Å². The minimum atomic E-state index is -0.665. The minimum Gasteiger partial charge on any atom is -0.389 e. The molecule has 0 radical (unpaired) electrons. The summed E-state index contributed by atoms with van der Waals surface area (Å²) in [5.74, 6) is 0. The Bertz CT molecular complexity index is 266. The summed E-state index contributed by atoms with van der Waals surface area (Å²) >= 11 is 0. The second-order valence-electron chi connectivity index (χ2n) is 4.20. The molecule has 0 amide bonds. The van der Waals surface area contributed by atoms with Crippen molar-refractivity contribution in [2.45, 2.75) is 32.4 Å². The Morgan fingerprint density at radius 1 is 1.43 bits per heavy atom. The maximum absolute atomic E-state index is 9.54. The Balaban J connectivity index is 2.48. The Morgan fingerprint density at radius 3 is 2.50 bits per heavy atom. The first-order valence-corrected chi connectivity index (χ1v) is 4.85. The molecule has 3 nitrogen and oxygen atoms in total. The van der Waals surface area contributed by atoms with E-state index in [9.17, 15) is 5.11 Å². The third-order valence-electron chi connectivity index (χ3n) is 2.05. The van der Waals surface area contributed by atoms with Gasteiger partial charge in [0.05, 0.1) is 5.60 Å². The van der Waals surface area contributed by atoms with Crippen LogP contribution in [0.3, 0.4) is 0 Å². The smallest absolute Gasteiger partial charge is 0.0715 e. The molecule has 0 fully saturated rings. The number of pyridine rings is 1. The largest absolute Gasteiger partial charge is 0.389 e. The van der Waals surface area contributed by atoms with Crippen LogP contribution in [0, 0.1) is 0 Å². The molecule has 0 aromatic carbocycles. The van der Waals surface area contributed by atoms with Crippen LogP contribution < -0.4 is 5.32 Å². The fourth-order valence-corrected chi connectivity index (χ4v) is 1.17. The predicted octanol–water partition coefficient (Wildman–Crippen LogP) is 1.50. The van der Waals surface area contributed by atoms with Crippen molar-refractivity contribution in [1.29, 1.82) is 0 Å². The van der Waals surface area contributed by atoms with E-state index in [-0.39, 0.29) is 6.04 Å². The number of aliphatic hydroxyl groups is 1. The summed E-state index contributed by atoms with van der Waals surface area (Å²) in [5.41, 5.74) is 0.519. The molecule has 0 bridgehead atoms. The van der Waals surface area contributed by atoms with Gasteiger partial charge in [0.2, 0.25) is 0 Å². The maximum Gasteiger partial charge on any atom is 0.0715 e. The molecule has 78 valence electrons. The van der Waals surface area contributed by atoms with Crippen LogP contribution in [0.4, 0.5) is 0 Å². The fourth-order valence-electron chi connectivity index (χ4n) is 1.17. The Labute approximate surface area is 85.2 Å². The van der Waals surface area contributed by atoms with Gasteiger partial charge >= 0.3 is 0 Å². The van der Waals surface area contributed by atoms with Gasteiger partial charge in [-0.1, -0.05) is 0 Å². The second kappa shape index (κ2) is 4.53. The molecule has 0 unspecified atom stereocenters. The van der Waals surface area contributed by atoms with Crippen molar-refractivity contribution in [3.8, 4) is 0 Å². The molecule has 1 aromatic rings. The summed E-state index contributed by atoms with van der Waals surface area (Å²) in [6, 6.07) is 4.19. The lowest BCUT2D eigenvalue weighted by Gasteiger charge is -2.21. The van der Waals surface area contributed by atoms with E-state index in [1.54, 1.807) is 26.2 Å². The van der Waals surface area contributed by atoms with Crippen molar-refractivity contribution >= 4 is 0 Å². The molecule has 0 aliphatic rings. The average molecular weight is 194 g/mol. The van der Waals surface area contributed by atoms with Gasteiger partial charge in [0.25, 0.3) is 0 Å². The van der Waals surface area contributed by atoms with Gasteiger partial charge in [-0.05, 0) is 38.5 Å². The zero-order valence-electron chi connectivity index (χ0n) is 8.99. The van der Waals surface area contributed by atoms with Gasteiger partial charge < -0.3 is 10.4 Å². The molecule has 0 saturated carbocycles. The highest BCUT2D eigenvalue weighted by Gasteiger charge is 2.13.